The van der Waals surface area contributed by atoms with Gasteiger partial charge in [0, 0.05) is 6.42 Å². The monoisotopic (exact) mass is 1060 g/mol. The van der Waals surface area contributed by atoms with E-state index in [9.17, 15) is 19.4 Å². The molecule has 0 heterocycles. The third-order valence-electron chi connectivity index (χ3n) is 12.6. The van der Waals surface area contributed by atoms with E-state index in [4.69, 9.17) is 9.05 Å². The highest BCUT2D eigenvalue weighted by atomic mass is 31.2. The molecule has 428 valence electrons. The highest BCUT2D eigenvalue weighted by Crippen LogP contribution is 2.43. The lowest BCUT2D eigenvalue weighted by Gasteiger charge is -2.25. The number of rotatable bonds is 53. The molecule has 9 heteroatoms. The van der Waals surface area contributed by atoms with Gasteiger partial charge in [-0.05, 0) is 103 Å². The van der Waals surface area contributed by atoms with Crippen molar-refractivity contribution in [3.05, 3.63) is 134 Å². The van der Waals surface area contributed by atoms with E-state index in [1.165, 1.54) is 109 Å². The van der Waals surface area contributed by atoms with Crippen molar-refractivity contribution in [1.82, 2.24) is 5.32 Å². The van der Waals surface area contributed by atoms with Crippen molar-refractivity contribution in [2.24, 2.45) is 0 Å². The van der Waals surface area contributed by atoms with Crippen LogP contribution in [0.25, 0.3) is 0 Å². The molecule has 0 saturated carbocycles. The molecule has 75 heavy (non-hydrogen) atoms. The standard InChI is InChI=1S/C66H113N2O6P/c1-6-8-10-12-14-16-18-20-21-22-23-24-25-26-27-28-29-30-31-32-33-34-35-36-37-38-39-40-41-42-43-44-45-46-47-48-50-52-54-56-58-60-66(70)67-64(63-74-75(71,72)73-62-61-68(3,4)5)65(69)59-57-55-53-51-49-19-17-15-13-11-9-7-2/h8,10,14,16,20-21,23-24,26-27,29-30,32-33,35-36,38-39,49,51,57,59,64-65,69H,6-7,9,11-13,15,17-19,22,25,28,31,34,37,40-48,50,52-56,58,60-63H2,1-5H3,(H-,67,70,71,72)/p+1/b10-8-,16-14-,21-20-,24-23-,27-26-,30-29-,33-32-,36-35-,39-38-,51-49+,59-57+. The molecular weight excluding hydrogens is 948 g/mol. The maximum absolute atomic E-state index is 12.9. The predicted octanol–water partition coefficient (Wildman–Crippen LogP) is 18.7. The Balaban J connectivity index is 4.03. The van der Waals surface area contributed by atoms with E-state index < -0.39 is 20.0 Å². The summed E-state index contributed by atoms with van der Waals surface area (Å²) in [6, 6.07) is -0.870. The van der Waals surface area contributed by atoms with E-state index in [-0.39, 0.29) is 19.1 Å². The minimum atomic E-state index is -4.36. The number of amides is 1. The van der Waals surface area contributed by atoms with Crippen LogP contribution in [0.5, 0.6) is 0 Å². The Labute approximate surface area is 462 Å². The van der Waals surface area contributed by atoms with Crippen molar-refractivity contribution in [3.63, 3.8) is 0 Å². The number of likely N-dealkylation sites (N-methyl/N-ethyl adjacent to an activating group) is 1. The lowest BCUT2D eigenvalue weighted by molar-refractivity contribution is -0.870. The number of phosphoric ester groups is 1. The number of nitrogens with one attached hydrogen (secondary N) is 1. The Morgan fingerprint density at radius 2 is 0.813 bits per heavy atom. The summed E-state index contributed by atoms with van der Waals surface area (Å²) in [5.74, 6) is -0.194. The number of allylic oxidation sites excluding steroid dienone is 21. The van der Waals surface area contributed by atoms with E-state index >= 15 is 0 Å². The molecule has 0 aromatic rings. The zero-order valence-electron chi connectivity index (χ0n) is 48.7. The van der Waals surface area contributed by atoms with Gasteiger partial charge in [-0.3, -0.25) is 13.8 Å². The number of unbranched alkanes of at least 4 members (excludes halogenated alkanes) is 20. The van der Waals surface area contributed by atoms with Gasteiger partial charge in [0.2, 0.25) is 5.91 Å². The van der Waals surface area contributed by atoms with Crippen molar-refractivity contribution in [2.45, 2.75) is 238 Å². The Kier molecular flexibility index (Phi) is 52.9. The smallest absolute Gasteiger partial charge is 0.387 e. The lowest BCUT2D eigenvalue weighted by atomic mass is 10.0. The van der Waals surface area contributed by atoms with Crippen molar-refractivity contribution >= 4 is 13.7 Å². The average molecular weight is 1060 g/mol. The van der Waals surface area contributed by atoms with Crippen molar-refractivity contribution < 1.29 is 32.9 Å². The first kappa shape index (κ1) is 71.6. The summed E-state index contributed by atoms with van der Waals surface area (Å²) in [5, 5.41) is 13.8. The van der Waals surface area contributed by atoms with E-state index in [0.717, 1.165) is 96.3 Å². The first-order valence-electron chi connectivity index (χ1n) is 30.1. The van der Waals surface area contributed by atoms with E-state index in [1.807, 2.05) is 27.2 Å². The second-order valence-corrected chi connectivity index (χ2v) is 22.4. The van der Waals surface area contributed by atoms with Gasteiger partial charge in [-0.15, -0.1) is 0 Å². The zero-order chi connectivity index (χ0) is 54.9. The molecule has 3 atom stereocenters. The topological polar surface area (TPSA) is 105 Å². The number of hydrogen-bond acceptors (Lipinski definition) is 5. The maximum Gasteiger partial charge on any atom is 0.472 e. The quantitative estimate of drug-likeness (QED) is 0.0243. The number of aliphatic hydroxyl groups is 1. The first-order chi connectivity index (χ1) is 36.5. The number of carbonyl (C=O) groups excluding carboxylic acids is 1. The Hall–Kier alpha value is -3.36. The van der Waals surface area contributed by atoms with Crippen molar-refractivity contribution in [3.8, 4) is 0 Å². The Bertz CT molecular complexity index is 1680. The van der Waals surface area contributed by atoms with Gasteiger partial charge in [0.25, 0.3) is 0 Å². The number of carbonyl (C=O) groups is 1. The number of aliphatic hydroxyl groups excluding tert-OH is 1. The summed E-state index contributed by atoms with van der Waals surface area (Å²) in [4.78, 5) is 23.2. The molecule has 0 spiro atoms. The van der Waals surface area contributed by atoms with Gasteiger partial charge in [0.1, 0.15) is 13.2 Å². The van der Waals surface area contributed by atoms with Crippen LogP contribution in [0.2, 0.25) is 0 Å². The summed E-state index contributed by atoms with van der Waals surface area (Å²) in [6.45, 7) is 4.64. The van der Waals surface area contributed by atoms with Gasteiger partial charge in [-0.25, -0.2) is 4.57 Å². The molecule has 0 aliphatic carbocycles. The minimum Gasteiger partial charge on any atom is -0.387 e. The summed E-state index contributed by atoms with van der Waals surface area (Å²) in [6.07, 6.45) is 84.3. The zero-order valence-corrected chi connectivity index (χ0v) is 49.6. The summed E-state index contributed by atoms with van der Waals surface area (Å²) in [5.41, 5.74) is 0. The summed E-state index contributed by atoms with van der Waals surface area (Å²) >= 11 is 0. The number of nitrogens with zero attached hydrogens (tertiary/aromatic N) is 1. The second kappa shape index (κ2) is 55.4. The lowest BCUT2D eigenvalue weighted by Crippen LogP contribution is -2.45. The number of quaternary nitrogens is 1. The van der Waals surface area contributed by atoms with Crippen LogP contribution < -0.4 is 5.32 Å². The fourth-order valence-corrected chi connectivity index (χ4v) is 8.67. The van der Waals surface area contributed by atoms with Crippen LogP contribution in [0.4, 0.5) is 0 Å². The van der Waals surface area contributed by atoms with Gasteiger partial charge < -0.3 is 19.8 Å². The van der Waals surface area contributed by atoms with E-state index in [0.29, 0.717) is 17.4 Å². The Morgan fingerprint density at radius 1 is 0.467 bits per heavy atom. The molecule has 0 aromatic carbocycles. The molecule has 0 aromatic heterocycles. The van der Waals surface area contributed by atoms with Crippen molar-refractivity contribution in [2.75, 3.05) is 40.9 Å². The van der Waals surface area contributed by atoms with Crippen molar-refractivity contribution in [1.29, 1.82) is 0 Å². The molecule has 8 nitrogen and oxygen atoms in total. The van der Waals surface area contributed by atoms with Crippen LogP contribution in [0.3, 0.4) is 0 Å². The molecule has 0 aliphatic rings. The molecule has 3 unspecified atom stereocenters. The summed E-state index contributed by atoms with van der Waals surface area (Å²) in [7, 11) is 1.54. The molecule has 0 aliphatic heterocycles. The fourth-order valence-electron chi connectivity index (χ4n) is 7.93. The highest BCUT2D eigenvalue weighted by molar-refractivity contribution is 7.47. The van der Waals surface area contributed by atoms with Crippen LogP contribution in [-0.2, 0) is 18.4 Å². The minimum absolute atomic E-state index is 0.0507. The third kappa shape index (κ3) is 58.2. The van der Waals surface area contributed by atoms with E-state index in [1.54, 1.807) is 6.08 Å². The average Bonchev–Trinajstić information content (AvgIpc) is 3.37. The number of phosphoric acid groups is 1. The second-order valence-electron chi connectivity index (χ2n) is 21.0. The van der Waals surface area contributed by atoms with Crippen LogP contribution in [0.1, 0.15) is 226 Å². The van der Waals surface area contributed by atoms with Crippen LogP contribution in [0.15, 0.2) is 134 Å². The van der Waals surface area contributed by atoms with Gasteiger partial charge in [0.05, 0.1) is 39.9 Å². The molecule has 0 saturated heterocycles. The van der Waals surface area contributed by atoms with E-state index in [2.05, 4.69) is 141 Å². The molecule has 0 radical (unpaired) electrons. The largest absolute Gasteiger partial charge is 0.472 e. The molecule has 0 fully saturated rings. The van der Waals surface area contributed by atoms with Gasteiger partial charge in [-0.1, -0.05) is 250 Å². The SMILES string of the molecule is CC/C=C\C/C=C\C/C=C\C/C=C\C/C=C\C/C=C\C/C=C\C/C=C\C/C=C\CCCCCCCCCCCCCCCC(=O)NC(COP(=O)(O)OCC[N+](C)(C)C)C(O)/C=C/CC/C=C/CCCCCCCC. The molecule has 0 rings (SSSR count). The number of hydrogen-bond donors (Lipinski definition) is 3. The third-order valence-corrected chi connectivity index (χ3v) is 13.6. The van der Waals surface area contributed by atoms with Crippen LogP contribution in [0, 0.1) is 0 Å². The van der Waals surface area contributed by atoms with Gasteiger partial charge in [0.15, 0.2) is 0 Å². The van der Waals surface area contributed by atoms with Crippen LogP contribution in [-0.4, -0.2) is 73.4 Å². The normalized spacial score (nSPS) is 14.8. The highest BCUT2D eigenvalue weighted by Gasteiger charge is 2.27. The molecule has 0 bridgehead atoms. The molecule has 1 amide bonds. The predicted molar refractivity (Wildman–Crippen MR) is 327 cm³/mol. The fraction of sp³-hybridized carbons (Fsp3) is 0.652. The maximum atomic E-state index is 12.9. The molecular formula is C66H114N2O6P+. The Morgan fingerprint density at radius 3 is 1.23 bits per heavy atom. The van der Waals surface area contributed by atoms with Gasteiger partial charge in [-0.2, -0.15) is 0 Å². The molecule has 3 N–H and O–H groups in total. The first-order valence-corrected chi connectivity index (χ1v) is 31.6. The van der Waals surface area contributed by atoms with Gasteiger partial charge >= 0.3 is 7.82 Å². The van der Waals surface area contributed by atoms with Crippen LogP contribution >= 0.6 is 7.82 Å². The summed E-state index contributed by atoms with van der Waals surface area (Å²) < 4.78 is 23.6.